The van der Waals surface area contributed by atoms with E-state index in [1.54, 1.807) is 10.9 Å². The highest BCUT2D eigenvalue weighted by molar-refractivity contribution is 6.08. The molecule has 5 heteroatoms. The average molecular weight is 336 g/mol. The lowest BCUT2D eigenvalue weighted by Crippen LogP contribution is -2.30. The lowest BCUT2D eigenvalue weighted by Gasteiger charge is -2.20. The van der Waals surface area contributed by atoms with Gasteiger partial charge in [-0.05, 0) is 44.9 Å². The number of nitrogens with zero attached hydrogens (tertiary/aromatic N) is 4. The van der Waals surface area contributed by atoms with Gasteiger partial charge in [-0.1, -0.05) is 12.1 Å². The smallest absolute Gasteiger partial charge is 0.254 e. The number of hydrogen-bond acceptors (Lipinski definition) is 3. The maximum atomic E-state index is 13.1. The number of fused-ring (bicyclic) bond motifs is 1. The Morgan fingerprint density at radius 2 is 1.92 bits per heavy atom. The van der Waals surface area contributed by atoms with Crippen LogP contribution in [0.2, 0.25) is 0 Å². The van der Waals surface area contributed by atoms with Crippen LogP contribution >= 0.6 is 0 Å². The molecule has 1 amide bonds. The number of carbonyl (C=O) groups excluding carboxylic acids is 1. The second-order valence-electron chi connectivity index (χ2n) is 6.34. The molecule has 0 radical (unpaired) electrons. The van der Waals surface area contributed by atoms with Crippen molar-refractivity contribution in [3.05, 3.63) is 47.3 Å². The minimum absolute atomic E-state index is 0.0470. The van der Waals surface area contributed by atoms with E-state index in [0.29, 0.717) is 18.7 Å². The number of carbonyl (C=O) groups is 1. The average Bonchev–Trinajstić information content (AvgIpc) is 3.05. The molecule has 0 fully saturated rings. The third-order valence-corrected chi connectivity index (χ3v) is 4.79. The zero-order valence-electron chi connectivity index (χ0n) is 15.5. The van der Waals surface area contributed by atoms with Gasteiger partial charge in [0.1, 0.15) is 0 Å². The molecule has 0 aliphatic carbocycles. The van der Waals surface area contributed by atoms with E-state index in [4.69, 9.17) is 4.98 Å². The Hall–Kier alpha value is -2.69. The Bertz CT molecular complexity index is 938. The van der Waals surface area contributed by atoms with E-state index < -0.39 is 0 Å². The van der Waals surface area contributed by atoms with Crippen LogP contribution in [0.3, 0.4) is 0 Å². The molecule has 2 heterocycles. The maximum absolute atomic E-state index is 13.1. The minimum atomic E-state index is 0.0470. The molecule has 0 bridgehead atoms. The van der Waals surface area contributed by atoms with Gasteiger partial charge in [0.05, 0.1) is 23.0 Å². The van der Waals surface area contributed by atoms with Crippen molar-refractivity contribution in [2.75, 3.05) is 13.1 Å². The molecule has 0 N–H and O–H groups in total. The summed E-state index contributed by atoms with van der Waals surface area (Å²) in [6, 6.07) is 5.96. The van der Waals surface area contributed by atoms with Crippen LogP contribution in [0.4, 0.5) is 0 Å². The Morgan fingerprint density at radius 1 is 1.20 bits per heavy atom. The van der Waals surface area contributed by atoms with Crippen molar-refractivity contribution in [2.45, 2.75) is 27.7 Å². The van der Waals surface area contributed by atoms with E-state index in [0.717, 1.165) is 27.7 Å². The van der Waals surface area contributed by atoms with E-state index >= 15 is 0 Å². The fourth-order valence-corrected chi connectivity index (χ4v) is 3.09. The topological polar surface area (TPSA) is 51.0 Å². The monoisotopic (exact) mass is 336 g/mol. The van der Waals surface area contributed by atoms with Crippen molar-refractivity contribution in [1.82, 2.24) is 19.7 Å². The van der Waals surface area contributed by atoms with Crippen molar-refractivity contribution < 1.29 is 4.79 Å². The van der Waals surface area contributed by atoms with E-state index in [1.165, 1.54) is 5.56 Å². The Kier molecular flexibility index (Phi) is 4.57. The van der Waals surface area contributed by atoms with Crippen LogP contribution in [0.25, 0.3) is 22.2 Å². The van der Waals surface area contributed by atoms with Crippen LogP contribution in [-0.2, 0) is 7.05 Å². The Labute approximate surface area is 148 Å². The number of aryl methyl sites for hydroxylation is 3. The maximum Gasteiger partial charge on any atom is 0.254 e. The van der Waals surface area contributed by atoms with E-state index in [2.05, 4.69) is 25.0 Å². The normalized spacial score (nSPS) is 11.1. The number of amides is 1. The van der Waals surface area contributed by atoms with Crippen LogP contribution in [0.15, 0.2) is 30.6 Å². The van der Waals surface area contributed by atoms with Gasteiger partial charge in [0, 0.05) is 37.3 Å². The largest absolute Gasteiger partial charge is 0.339 e. The fraction of sp³-hybridized carbons (Fsp3) is 0.350. The summed E-state index contributed by atoms with van der Waals surface area (Å²) in [5.74, 6) is 0.0470. The zero-order valence-corrected chi connectivity index (χ0v) is 15.5. The van der Waals surface area contributed by atoms with Gasteiger partial charge >= 0.3 is 0 Å². The van der Waals surface area contributed by atoms with Gasteiger partial charge in [-0.2, -0.15) is 5.10 Å². The molecule has 0 saturated carbocycles. The summed E-state index contributed by atoms with van der Waals surface area (Å²) in [5, 5.41) is 5.15. The highest BCUT2D eigenvalue weighted by Crippen LogP contribution is 2.28. The third kappa shape index (κ3) is 3.02. The molecule has 25 heavy (non-hydrogen) atoms. The molecule has 3 aromatic rings. The first kappa shape index (κ1) is 17.1. The molecular formula is C20H24N4O. The van der Waals surface area contributed by atoms with Crippen LogP contribution in [-0.4, -0.2) is 38.7 Å². The summed E-state index contributed by atoms with van der Waals surface area (Å²) in [5.41, 5.74) is 5.57. The van der Waals surface area contributed by atoms with Crippen LogP contribution < -0.4 is 0 Å². The molecule has 2 aromatic heterocycles. The molecule has 0 saturated heterocycles. The molecule has 0 aliphatic rings. The molecule has 1 aromatic carbocycles. The third-order valence-electron chi connectivity index (χ3n) is 4.79. The van der Waals surface area contributed by atoms with E-state index in [-0.39, 0.29) is 5.91 Å². The van der Waals surface area contributed by atoms with Gasteiger partial charge in [-0.25, -0.2) is 4.98 Å². The first-order chi connectivity index (χ1) is 12.0. The summed E-state index contributed by atoms with van der Waals surface area (Å²) in [6.07, 6.45) is 3.70. The van der Waals surface area contributed by atoms with Crippen molar-refractivity contribution in [3.8, 4) is 11.3 Å². The number of aromatic nitrogens is 3. The minimum Gasteiger partial charge on any atom is -0.339 e. The fourth-order valence-electron chi connectivity index (χ4n) is 3.09. The quantitative estimate of drug-likeness (QED) is 0.729. The van der Waals surface area contributed by atoms with Crippen LogP contribution in [0, 0.1) is 13.8 Å². The van der Waals surface area contributed by atoms with E-state index in [9.17, 15) is 4.79 Å². The molecule has 0 atom stereocenters. The van der Waals surface area contributed by atoms with Gasteiger partial charge in [-0.3, -0.25) is 9.48 Å². The number of benzene rings is 1. The molecule has 3 rings (SSSR count). The zero-order chi connectivity index (χ0) is 18.1. The summed E-state index contributed by atoms with van der Waals surface area (Å²) in [4.78, 5) is 19.8. The standard InChI is InChI=1S/C20H24N4O/c1-6-24(7-2)20(25)17-10-18(15-11-21-23(5)12-15)22-19-14(4)13(3)8-9-16(17)19/h8-12H,6-7H2,1-5H3. The summed E-state index contributed by atoms with van der Waals surface area (Å²) >= 11 is 0. The van der Waals surface area contributed by atoms with Crippen molar-refractivity contribution >= 4 is 16.8 Å². The predicted molar refractivity (Wildman–Crippen MR) is 101 cm³/mol. The molecule has 5 nitrogen and oxygen atoms in total. The summed E-state index contributed by atoms with van der Waals surface area (Å²) in [7, 11) is 1.88. The lowest BCUT2D eigenvalue weighted by atomic mass is 9.99. The molecule has 0 unspecified atom stereocenters. The highest BCUT2D eigenvalue weighted by atomic mass is 16.2. The Balaban J connectivity index is 2.30. The summed E-state index contributed by atoms with van der Waals surface area (Å²) < 4.78 is 1.75. The summed E-state index contributed by atoms with van der Waals surface area (Å²) in [6.45, 7) is 9.51. The van der Waals surface area contributed by atoms with Crippen molar-refractivity contribution in [2.24, 2.45) is 7.05 Å². The number of rotatable bonds is 4. The molecular weight excluding hydrogens is 312 g/mol. The first-order valence-electron chi connectivity index (χ1n) is 8.65. The lowest BCUT2D eigenvalue weighted by molar-refractivity contribution is 0.0775. The number of pyridine rings is 1. The van der Waals surface area contributed by atoms with Gasteiger partial charge in [0.15, 0.2) is 0 Å². The van der Waals surface area contributed by atoms with Gasteiger partial charge in [0.25, 0.3) is 5.91 Å². The molecule has 130 valence electrons. The second-order valence-corrected chi connectivity index (χ2v) is 6.34. The van der Waals surface area contributed by atoms with Crippen LogP contribution in [0.1, 0.15) is 35.3 Å². The Morgan fingerprint density at radius 3 is 2.52 bits per heavy atom. The van der Waals surface area contributed by atoms with Crippen molar-refractivity contribution in [3.63, 3.8) is 0 Å². The highest BCUT2D eigenvalue weighted by Gasteiger charge is 2.19. The van der Waals surface area contributed by atoms with E-state index in [1.807, 2.05) is 44.1 Å². The van der Waals surface area contributed by atoms with Gasteiger partial charge in [-0.15, -0.1) is 0 Å². The first-order valence-corrected chi connectivity index (χ1v) is 8.65. The molecule has 0 spiro atoms. The van der Waals surface area contributed by atoms with Crippen molar-refractivity contribution in [1.29, 1.82) is 0 Å². The SMILES string of the molecule is CCN(CC)C(=O)c1cc(-c2cnn(C)c2)nc2c(C)c(C)ccc12. The van der Waals surface area contributed by atoms with Crippen LogP contribution in [0.5, 0.6) is 0 Å². The molecule has 0 aliphatic heterocycles. The predicted octanol–water partition coefficient (Wildman–Crippen LogP) is 3.73. The second kappa shape index (κ2) is 6.67. The number of hydrogen-bond donors (Lipinski definition) is 0. The van der Waals surface area contributed by atoms with Gasteiger partial charge < -0.3 is 4.90 Å². The van der Waals surface area contributed by atoms with Gasteiger partial charge in [0.2, 0.25) is 0 Å².